The maximum atomic E-state index is 9.84. The van der Waals surface area contributed by atoms with Crippen LogP contribution in [0.3, 0.4) is 0 Å². The third kappa shape index (κ3) is 2.87. The van der Waals surface area contributed by atoms with Crippen LogP contribution in [0.25, 0.3) is 0 Å². The summed E-state index contributed by atoms with van der Waals surface area (Å²) in [5.41, 5.74) is 1.09. The molecule has 1 aliphatic rings. The molecular weight excluding hydrogens is 226 g/mol. The van der Waals surface area contributed by atoms with Crippen molar-refractivity contribution >= 4 is 0 Å². The lowest BCUT2D eigenvalue weighted by Gasteiger charge is -2.38. The molecule has 100 valence electrons. The standard InChI is InChI=1S/C14H23N3O/c1-12(2)6-14(10-18)4-3-5-17(14)9-13-7-15-11-16-8-13/h7-8,11-12,18H,3-6,9-10H2,1-2H3/t14-/m1/s1. The van der Waals surface area contributed by atoms with Crippen LogP contribution >= 0.6 is 0 Å². The van der Waals surface area contributed by atoms with Gasteiger partial charge in [-0.05, 0) is 31.7 Å². The summed E-state index contributed by atoms with van der Waals surface area (Å²) >= 11 is 0. The zero-order valence-corrected chi connectivity index (χ0v) is 11.3. The number of nitrogens with zero attached hydrogens (tertiary/aromatic N) is 3. The Bertz CT molecular complexity index is 369. The molecule has 1 aromatic rings. The highest BCUT2D eigenvalue weighted by Crippen LogP contribution is 2.35. The smallest absolute Gasteiger partial charge is 0.115 e. The van der Waals surface area contributed by atoms with Gasteiger partial charge in [0.25, 0.3) is 0 Å². The van der Waals surface area contributed by atoms with E-state index in [0.717, 1.165) is 31.5 Å². The van der Waals surface area contributed by atoms with Gasteiger partial charge in [-0.15, -0.1) is 0 Å². The molecule has 1 fully saturated rings. The molecule has 0 spiro atoms. The molecule has 18 heavy (non-hydrogen) atoms. The Morgan fingerprint density at radius 3 is 2.72 bits per heavy atom. The normalized spacial score (nSPS) is 24.9. The summed E-state index contributed by atoms with van der Waals surface area (Å²) in [4.78, 5) is 10.5. The van der Waals surface area contributed by atoms with Gasteiger partial charge in [-0.2, -0.15) is 0 Å². The van der Waals surface area contributed by atoms with Gasteiger partial charge in [-0.25, -0.2) is 9.97 Å². The quantitative estimate of drug-likeness (QED) is 0.865. The Labute approximate surface area is 109 Å². The van der Waals surface area contributed by atoms with E-state index in [1.165, 1.54) is 6.42 Å². The van der Waals surface area contributed by atoms with Gasteiger partial charge in [-0.1, -0.05) is 13.8 Å². The van der Waals surface area contributed by atoms with Gasteiger partial charge in [-0.3, -0.25) is 4.90 Å². The van der Waals surface area contributed by atoms with Gasteiger partial charge in [0.15, 0.2) is 0 Å². The molecule has 0 saturated carbocycles. The Morgan fingerprint density at radius 2 is 2.11 bits per heavy atom. The van der Waals surface area contributed by atoms with Crippen LogP contribution in [-0.2, 0) is 6.54 Å². The maximum absolute atomic E-state index is 9.84. The zero-order valence-electron chi connectivity index (χ0n) is 11.3. The van der Waals surface area contributed by atoms with Crippen molar-refractivity contribution in [3.8, 4) is 0 Å². The summed E-state index contributed by atoms with van der Waals surface area (Å²) in [5.74, 6) is 0.602. The second kappa shape index (κ2) is 5.76. The van der Waals surface area contributed by atoms with Crippen LogP contribution in [0.4, 0.5) is 0 Å². The topological polar surface area (TPSA) is 49.2 Å². The largest absolute Gasteiger partial charge is 0.394 e. The highest BCUT2D eigenvalue weighted by Gasteiger charge is 2.40. The molecule has 1 N–H and O–H groups in total. The average molecular weight is 249 g/mol. The third-order valence-electron chi connectivity index (χ3n) is 3.81. The minimum absolute atomic E-state index is 0.0377. The van der Waals surface area contributed by atoms with Crippen molar-refractivity contribution in [2.24, 2.45) is 5.92 Å². The second-order valence-electron chi connectivity index (χ2n) is 5.75. The van der Waals surface area contributed by atoms with Gasteiger partial charge in [0.05, 0.1) is 6.61 Å². The molecule has 1 atom stereocenters. The summed E-state index contributed by atoms with van der Waals surface area (Å²) < 4.78 is 0. The van der Waals surface area contributed by atoms with Crippen LogP contribution in [0, 0.1) is 5.92 Å². The van der Waals surface area contributed by atoms with Gasteiger partial charge in [0.1, 0.15) is 6.33 Å². The van der Waals surface area contributed by atoms with Crippen LogP contribution in [0.15, 0.2) is 18.7 Å². The van der Waals surface area contributed by atoms with Crippen LogP contribution in [-0.4, -0.2) is 38.7 Å². The van der Waals surface area contributed by atoms with Crippen LogP contribution < -0.4 is 0 Å². The number of aliphatic hydroxyl groups is 1. The van der Waals surface area contributed by atoms with Crippen molar-refractivity contribution in [1.29, 1.82) is 0 Å². The molecule has 0 aromatic carbocycles. The van der Waals surface area contributed by atoms with Gasteiger partial charge >= 0.3 is 0 Å². The summed E-state index contributed by atoms with van der Waals surface area (Å²) in [6.07, 6.45) is 8.60. The molecular formula is C14H23N3O. The van der Waals surface area contributed by atoms with Crippen molar-refractivity contribution in [2.75, 3.05) is 13.2 Å². The Morgan fingerprint density at radius 1 is 1.39 bits per heavy atom. The fraction of sp³-hybridized carbons (Fsp3) is 0.714. The third-order valence-corrected chi connectivity index (χ3v) is 3.81. The summed E-state index contributed by atoms with van der Waals surface area (Å²) in [6.45, 7) is 6.59. The minimum atomic E-state index is -0.0377. The van der Waals surface area contributed by atoms with Crippen molar-refractivity contribution in [3.63, 3.8) is 0 Å². The molecule has 0 aliphatic carbocycles. The Hall–Kier alpha value is -1.00. The maximum Gasteiger partial charge on any atom is 0.115 e. The van der Waals surface area contributed by atoms with Gasteiger partial charge in [0, 0.05) is 30.0 Å². The molecule has 0 amide bonds. The molecule has 0 radical (unpaired) electrons. The number of aliphatic hydroxyl groups excluding tert-OH is 1. The van der Waals surface area contributed by atoms with E-state index >= 15 is 0 Å². The first-order chi connectivity index (χ1) is 8.66. The average Bonchev–Trinajstić information content (AvgIpc) is 2.73. The lowest BCUT2D eigenvalue weighted by Crippen LogP contribution is -2.47. The molecule has 0 bridgehead atoms. The number of hydrogen-bond donors (Lipinski definition) is 1. The fourth-order valence-corrected chi connectivity index (χ4v) is 3.11. The summed E-state index contributed by atoms with van der Waals surface area (Å²) in [5, 5.41) is 9.84. The van der Waals surface area contributed by atoms with Crippen molar-refractivity contribution in [1.82, 2.24) is 14.9 Å². The van der Waals surface area contributed by atoms with E-state index in [1.54, 1.807) is 6.33 Å². The van der Waals surface area contributed by atoms with Crippen LogP contribution in [0.5, 0.6) is 0 Å². The number of aromatic nitrogens is 2. The molecule has 4 nitrogen and oxygen atoms in total. The lowest BCUT2D eigenvalue weighted by atomic mass is 9.87. The van der Waals surface area contributed by atoms with Crippen LogP contribution in [0.2, 0.25) is 0 Å². The fourth-order valence-electron chi connectivity index (χ4n) is 3.11. The Balaban J connectivity index is 2.10. The van der Waals surface area contributed by atoms with E-state index < -0.39 is 0 Å². The van der Waals surface area contributed by atoms with Crippen molar-refractivity contribution < 1.29 is 5.11 Å². The Kier molecular flexibility index (Phi) is 4.30. The van der Waals surface area contributed by atoms with E-state index in [-0.39, 0.29) is 12.1 Å². The SMILES string of the molecule is CC(C)C[C@@]1(CO)CCCN1Cc1cncnc1. The second-order valence-corrected chi connectivity index (χ2v) is 5.75. The molecule has 1 aliphatic heterocycles. The summed E-state index contributed by atoms with van der Waals surface area (Å²) in [6, 6.07) is 0. The predicted octanol–water partition coefficient (Wildman–Crippen LogP) is 1.85. The van der Waals surface area contributed by atoms with Crippen LogP contribution in [0.1, 0.15) is 38.7 Å². The molecule has 0 unspecified atom stereocenters. The minimum Gasteiger partial charge on any atom is -0.394 e. The van der Waals surface area contributed by atoms with E-state index in [0.29, 0.717) is 5.92 Å². The highest BCUT2D eigenvalue weighted by atomic mass is 16.3. The highest BCUT2D eigenvalue weighted by molar-refractivity contribution is 5.06. The van der Waals surface area contributed by atoms with E-state index in [9.17, 15) is 5.11 Å². The van der Waals surface area contributed by atoms with Crippen molar-refractivity contribution in [2.45, 2.75) is 45.2 Å². The molecule has 1 saturated heterocycles. The van der Waals surface area contributed by atoms with Gasteiger partial charge in [0.2, 0.25) is 0 Å². The number of hydrogen-bond acceptors (Lipinski definition) is 4. The van der Waals surface area contributed by atoms with E-state index in [4.69, 9.17) is 0 Å². The predicted molar refractivity (Wildman–Crippen MR) is 70.9 cm³/mol. The first kappa shape index (κ1) is 13.4. The molecule has 2 heterocycles. The number of rotatable bonds is 5. The first-order valence-corrected chi connectivity index (χ1v) is 6.76. The zero-order chi connectivity index (χ0) is 13.0. The van der Waals surface area contributed by atoms with Gasteiger partial charge < -0.3 is 5.11 Å². The first-order valence-electron chi connectivity index (χ1n) is 6.76. The summed E-state index contributed by atoms with van der Waals surface area (Å²) in [7, 11) is 0. The van der Waals surface area contributed by atoms with E-state index in [2.05, 4.69) is 28.7 Å². The molecule has 4 heteroatoms. The molecule has 2 rings (SSSR count). The molecule has 1 aromatic heterocycles. The van der Waals surface area contributed by atoms with E-state index in [1.807, 2.05) is 12.4 Å². The monoisotopic (exact) mass is 249 g/mol. The lowest BCUT2D eigenvalue weighted by molar-refractivity contribution is 0.0408. The van der Waals surface area contributed by atoms with Crippen molar-refractivity contribution in [3.05, 3.63) is 24.3 Å². The number of likely N-dealkylation sites (tertiary alicyclic amines) is 1.